The van der Waals surface area contributed by atoms with Crippen LogP contribution in [0.5, 0.6) is 0 Å². The van der Waals surface area contributed by atoms with Gasteiger partial charge in [0.1, 0.15) is 13.2 Å². The Morgan fingerprint density at radius 3 is 1.08 bits per heavy atom. The van der Waals surface area contributed by atoms with Gasteiger partial charge >= 0.3 is 41.8 Å². The number of allylic oxidation sites excluding steroid dienone is 6. The Balaban J connectivity index is 1.77. The maximum absolute atomic E-state index is 13.0. The summed E-state index contributed by atoms with van der Waals surface area (Å²) >= 11 is 0. The van der Waals surface area contributed by atoms with Crippen LogP contribution in [-0.2, 0) is 57.2 Å². The van der Waals surface area contributed by atoms with E-state index in [2.05, 4.69) is 57.2 Å². The molecule has 0 aromatic carbocycles. The first-order valence-corrected chi connectivity index (χ1v) is 31.6. The Morgan fingerprint density at radius 1 is 0.416 bits per heavy atom. The van der Waals surface area contributed by atoms with E-state index >= 15 is 0 Å². The van der Waals surface area contributed by atoms with E-state index < -0.39 is 59.7 Å². The summed E-state index contributed by atoms with van der Waals surface area (Å²) in [7, 11) is 0. The van der Waals surface area contributed by atoms with E-state index in [0.29, 0.717) is 19.3 Å². The molecule has 2 rings (SSSR count). The third kappa shape index (κ3) is 37.4. The van der Waals surface area contributed by atoms with Gasteiger partial charge in [0.15, 0.2) is 6.10 Å². The molecule has 440 valence electrons. The van der Waals surface area contributed by atoms with Gasteiger partial charge in [-0.2, -0.15) is 0 Å². The summed E-state index contributed by atoms with van der Waals surface area (Å²) < 4.78 is 26.7. The first kappa shape index (κ1) is 69.0. The fourth-order valence-corrected chi connectivity index (χ4v) is 10.4. The molecule has 0 aromatic heterocycles. The van der Waals surface area contributed by atoms with Crippen molar-refractivity contribution in [3.8, 4) is 0 Å². The number of esters is 7. The molecule has 12 heteroatoms. The molecule has 77 heavy (non-hydrogen) atoms. The molecular weight excluding hydrogens is 973 g/mol. The van der Waals surface area contributed by atoms with Crippen LogP contribution in [0.25, 0.3) is 0 Å². The molecule has 0 bridgehead atoms. The minimum Gasteiger partial charge on any atom is -0.462 e. The van der Waals surface area contributed by atoms with Crippen LogP contribution in [0.1, 0.15) is 290 Å². The van der Waals surface area contributed by atoms with Crippen LogP contribution in [0.15, 0.2) is 36.5 Å². The fraction of sp³-hybridized carbons (Fsp3) is 0.800. The van der Waals surface area contributed by atoms with Crippen LogP contribution in [0, 0.1) is 23.7 Å². The summed E-state index contributed by atoms with van der Waals surface area (Å²) in [4.78, 5) is 87.3. The van der Waals surface area contributed by atoms with Crippen LogP contribution in [-0.4, -0.2) is 61.1 Å². The van der Waals surface area contributed by atoms with E-state index in [1.807, 2.05) is 0 Å². The van der Waals surface area contributed by atoms with E-state index in [4.69, 9.17) is 23.7 Å². The second-order valence-corrected chi connectivity index (χ2v) is 22.2. The van der Waals surface area contributed by atoms with Crippen LogP contribution < -0.4 is 0 Å². The van der Waals surface area contributed by atoms with Gasteiger partial charge in [0.05, 0.1) is 24.7 Å². The highest BCUT2D eigenvalue weighted by atomic mass is 16.6. The third-order valence-electron chi connectivity index (χ3n) is 15.2. The van der Waals surface area contributed by atoms with Crippen molar-refractivity contribution in [3.05, 3.63) is 36.5 Å². The van der Waals surface area contributed by atoms with E-state index in [9.17, 15) is 33.6 Å². The molecule has 2 aliphatic rings. The molecule has 0 N–H and O–H groups in total. The molecule has 2 heterocycles. The summed E-state index contributed by atoms with van der Waals surface area (Å²) in [6.07, 6.45) is 52.4. The van der Waals surface area contributed by atoms with Gasteiger partial charge < -0.3 is 23.7 Å². The van der Waals surface area contributed by atoms with E-state index in [0.717, 1.165) is 128 Å². The van der Waals surface area contributed by atoms with Crippen LogP contribution in [0.3, 0.4) is 0 Å². The Morgan fingerprint density at radius 2 is 0.727 bits per heavy atom. The number of rotatable bonds is 52. The highest BCUT2D eigenvalue weighted by Gasteiger charge is 2.39. The van der Waals surface area contributed by atoms with E-state index in [-0.39, 0.29) is 57.2 Å². The molecule has 2 fully saturated rings. The van der Waals surface area contributed by atoms with Gasteiger partial charge in [-0.25, -0.2) is 0 Å². The Labute approximate surface area is 467 Å². The lowest BCUT2D eigenvalue weighted by atomic mass is 9.86. The summed E-state index contributed by atoms with van der Waals surface area (Å²) in [5.74, 6) is -3.76. The molecule has 4 unspecified atom stereocenters. The van der Waals surface area contributed by atoms with Crippen LogP contribution >= 0.6 is 0 Å². The zero-order chi connectivity index (χ0) is 55.8. The number of unbranched alkanes of at least 4 members (excludes halogenated alkanes) is 29. The quantitative estimate of drug-likeness (QED) is 0.0186. The molecule has 2 aliphatic heterocycles. The number of hydrogen-bond donors (Lipinski definition) is 0. The van der Waals surface area contributed by atoms with Crippen molar-refractivity contribution in [2.24, 2.45) is 23.7 Å². The maximum atomic E-state index is 13.0. The smallest absolute Gasteiger partial charge is 0.317 e. The van der Waals surface area contributed by atoms with Gasteiger partial charge in [-0.15, -0.1) is 0 Å². The number of carbonyl (C=O) groups is 7. The standard InChI is InChI=1S/C65H108O12/c1-4-7-10-13-16-17-18-19-20-21-22-23-26-33-42-49-61(68)75-56(52-73-59(66)47-40-34-27-31-38-45-54(57-50-62(69)76-64(57)71)43-36-29-24-14-11-8-5-2)53-74-60(67)48-41-35-28-32-39-46-55(58-51-63(70)77-65(58)72)44-37-30-25-15-12-9-6-3/h19-20,36-37,43-44,54-58H,4-18,21-35,38-42,45-53H2,1-3H3. The first-order chi connectivity index (χ1) is 37.6. The van der Waals surface area contributed by atoms with Crippen molar-refractivity contribution in [1.29, 1.82) is 0 Å². The summed E-state index contributed by atoms with van der Waals surface area (Å²) in [5.41, 5.74) is 0. The molecule has 0 spiro atoms. The molecule has 0 aromatic rings. The molecule has 0 saturated carbocycles. The lowest BCUT2D eigenvalue weighted by molar-refractivity contribution is -0.167. The van der Waals surface area contributed by atoms with Gasteiger partial charge in [0, 0.05) is 19.3 Å². The minimum absolute atomic E-state index is 0.0204. The second-order valence-electron chi connectivity index (χ2n) is 22.2. The van der Waals surface area contributed by atoms with Gasteiger partial charge in [-0.05, 0) is 95.3 Å². The molecular formula is C65H108O12. The normalized spacial score (nSPS) is 16.9. The highest BCUT2D eigenvalue weighted by molar-refractivity contribution is 5.95. The first-order valence-electron chi connectivity index (χ1n) is 31.6. The average molecular weight is 1080 g/mol. The predicted octanol–water partition coefficient (Wildman–Crippen LogP) is 16.7. The highest BCUT2D eigenvalue weighted by Crippen LogP contribution is 2.32. The largest absolute Gasteiger partial charge is 0.462 e. The number of cyclic esters (lactones) is 4. The Kier molecular flexibility index (Phi) is 42.9. The molecule has 2 saturated heterocycles. The maximum Gasteiger partial charge on any atom is 0.317 e. The number of ether oxygens (including phenoxy) is 5. The summed E-state index contributed by atoms with van der Waals surface area (Å²) in [6, 6.07) is 0. The van der Waals surface area contributed by atoms with Crippen molar-refractivity contribution in [1.82, 2.24) is 0 Å². The van der Waals surface area contributed by atoms with Gasteiger partial charge in [0.25, 0.3) is 0 Å². The van der Waals surface area contributed by atoms with Crippen molar-refractivity contribution < 1.29 is 57.2 Å². The van der Waals surface area contributed by atoms with Crippen molar-refractivity contribution in [3.63, 3.8) is 0 Å². The summed E-state index contributed by atoms with van der Waals surface area (Å²) in [6.45, 7) is 6.28. The SMILES string of the molecule is CCCCCCCC=CC(CCCCCCCC(=O)OCC(COC(=O)CCCCCCCC(C=CCCCCCCC)C1CC(=O)OC1=O)OC(=O)CCCCCCCC=CCCCCCCCC)C1CC(=O)OC1=O. The number of carbonyl (C=O) groups excluding carboxylic acids is 7. The Hall–Kier alpha value is -4.09. The van der Waals surface area contributed by atoms with Gasteiger partial charge in [-0.3, -0.25) is 33.6 Å². The van der Waals surface area contributed by atoms with Crippen LogP contribution in [0.4, 0.5) is 0 Å². The lowest BCUT2D eigenvalue weighted by Crippen LogP contribution is -2.30. The summed E-state index contributed by atoms with van der Waals surface area (Å²) in [5, 5.41) is 0. The van der Waals surface area contributed by atoms with Gasteiger partial charge in [-0.1, -0.05) is 211 Å². The number of hydrogen-bond acceptors (Lipinski definition) is 12. The zero-order valence-corrected chi connectivity index (χ0v) is 48.9. The van der Waals surface area contributed by atoms with Crippen molar-refractivity contribution in [2.75, 3.05) is 13.2 Å². The van der Waals surface area contributed by atoms with E-state index in [1.165, 1.54) is 89.9 Å². The predicted molar refractivity (Wildman–Crippen MR) is 306 cm³/mol. The van der Waals surface area contributed by atoms with Crippen molar-refractivity contribution in [2.45, 2.75) is 297 Å². The van der Waals surface area contributed by atoms with Gasteiger partial charge in [0.2, 0.25) is 0 Å². The second kappa shape index (κ2) is 47.9. The monoisotopic (exact) mass is 1080 g/mol. The minimum atomic E-state index is -0.899. The molecule has 12 nitrogen and oxygen atoms in total. The van der Waals surface area contributed by atoms with Crippen molar-refractivity contribution >= 4 is 41.8 Å². The molecule has 0 aliphatic carbocycles. The topological polar surface area (TPSA) is 166 Å². The molecule has 0 radical (unpaired) electrons. The average Bonchev–Trinajstić information content (AvgIpc) is 3.95. The Bertz CT molecular complexity index is 1590. The molecule has 0 amide bonds. The van der Waals surface area contributed by atoms with Crippen LogP contribution in [0.2, 0.25) is 0 Å². The zero-order valence-electron chi connectivity index (χ0n) is 48.9. The van der Waals surface area contributed by atoms with E-state index in [1.54, 1.807) is 0 Å². The fourth-order valence-electron chi connectivity index (χ4n) is 10.4. The molecule has 4 atom stereocenters. The lowest BCUT2D eigenvalue weighted by Gasteiger charge is -2.18. The third-order valence-corrected chi connectivity index (χ3v) is 15.2.